The van der Waals surface area contributed by atoms with Gasteiger partial charge in [-0.25, -0.2) is 0 Å². The summed E-state index contributed by atoms with van der Waals surface area (Å²) in [5, 5.41) is 0. The van der Waals surface area contributed by atoms with Gasteiger partial charge in [0.25, 0.3) is 0 Å². The Morgan fingerprint density at radius 3 is 1.75 bits per heavy atom. The van der Waals surface area contributed by atoms with Crippen LogP contribution in [0.3, 0.4) is 0 Å². The summed E-state index contributed by atoms with van der Waals surface area (Å²) in [7, 11) is 4.06. The standard InChI is InChI=1S/Cd.Hg.O.S. The zero-order valence-corrected chi connectivity index (χ0v) is 12.6. The Morgan fingerprint density at radius 1 is 1.75 bits per heavy atom. The van der Waals surface area contributed by atoms with Crippen LogP contribution < -0.4 is 0 Å². The molecule has 4 heteroatoms. The van der Waals surface area contributed by atoms with E-state index in [1.165, 1.54) is 0 Å². The van der Waals surface area contributed by atoms with Gasteiger partial charge < -0.3 is 0 Å². The summed E-state index contributed by atoms with van der Waals surface area (Å²) in [6, 6.07) is 0. The third-order valence-corrected chi connectivity index (χ3v) is 0. The Bertz CT molecular complexity index is 29.0. The third kappa shape index (κ3) is 9.11. The number of hydrogen-bond donors (Lipinski definition) is 0. The molecule has 0 heterocycles. The molecule has 0 aromatic rings. The zero-order chi connectivity index (χ0) is 2.71. The molecule has 16 valence electrons. The second kappa shape index (κ2) is 8.86. The van der Waals surface area contributed by atoms with Gasteiger partial charge in [0.05, 0.1) is 0 Å². The van der Waals surface area contributed by atoms with Crippen molar-refractivity contribution in [1.29, 1.82) is 0 Å². The summed E-state index contributed by atoms with van der Waals surface area (Å²) in [5.74, 6) is 0. The van der Waals surface area contributed by atoms with E-state index >= 15 is 0 Å². The van der Waals surface area contributed by atoms with Crippen molar-refractivity contribution in [3.63, 3.8) is 0 Å². The Hall–Kier alpha value is 1.88. The summed E-state index contributed by atoms with van der Waals surface area (Å²) in [4.78, 5) is 0. The summed E-state index contributed by atoms with van der Waals surface area (Å²) in [6.45, 7) is 0. The van der Waals surface area contributed by atoms with Gasteiger partial charge in [0, 0.05) is 27.3 Å². The van der Waals surface area contributed by atoms with Gasteiger partial charge in [-0.1, -0.05) is 0 Å². The van der Waals surface area contributed by atoms with Gasteiger partial charge in [-0.05, 0) is 0 Å². The summed E-state index contributed by atoms with van der Waals surface area (Å²) < 4.78 is 8.97. The van der Waals surface area contributed by atoms with Crippen molar-refractivity contribution >= 4 is 8.58 Å². The molecule has 0 fully saturated rings. The van der Waals surface area contributed by atoms with Gasteiger partial charge >= 0.3 is 33.7 Å². The van der Waals surface area contributed by atoms with Crippen LogP contribution in [-0.2, 0) is 52.4 Å². The van der Waals surface area contributed by atoms with Gasteiger partial charge in [-0.2, -0.15) is 0 Å². The van der Waals surface area contributed by atoms with E-state index in [9.17, 15) is 0 Å². The summed E-state index contributed by atoms with van der Waals surface area (Å²) in [5.41, 5.74) is 0. The molecule has 0 radical (unpaired) electrons. The molecule has 0 amide bonds. The van der Waals surface area contributed by atoms with E-state index < -0.39 is 22.5 Å². The van der Waals surface area contributed by atoms with Crippen molar-refractivity contribution in [2.45, 2.75) is 0 Å². The first-order chi connectivity index (χ1) is 1.41. The van der Waals surface area contributed by atoms with Crippen LogP contribution >= 0.6 is 8.58 Å². The number of rotatable bonds is 0. The quantitative estimate of drug-likeness (QED) is 0.586. The molecule has 1 nitrogen and oxygen atoms in total. The van der Waals surface area contributed by atoms with Gasteiger partial charge in [0.15, 0.2) is 0 Å². The van der Waals surface area contributed by atoms with Crippen molar-refractivity contribution in [2.24, 2.45) is 0 Å². The van der Waals surface area contributed by atoms with Crippen LogP contribution in [0.15, 0.2) is 0 Å². The van der Waals surface area contributed by atoms with E-state index in [0.29, 0.717) is 0 Å². The van der Waals surface area contributed by atoms with E-state index in [4.69, 9.17) is 2.64 Å². The van der Waals surface area contributed by atoms with Crippen LogP contribution in [0, 0.1) is 0 Å². The van der Waals surface area contributed by atoms with E-state index in [1.54, 1.807) is 0 Å². The molecule has 0 saturated carbocycles. The maximum absolute atomic E-state index is 8.97. The molecule has 0 bridgehead atoms. The zero-order valence-electron chi connectivity index (χ0n) is 2.23. The van der Waals surface area contributed by atoms with Crippen LogP contribution in [0.25, 0.3) is 0 Å². The third-order valence-electron chi connectivity index (χ3n) is 0. The molecule has 0 saturated heterocycles. The monoisotopic (exact) mass is 364 g/mol. The van der Waals surface area contributed by atoms with E-state index in [-0.39, 0.29) is 27.3 Å². The average molecular weight is 361 g/mol. The first-order valence-electron chi connectivity index (χ1n) is 0.577. The molecular formula is CdHgOS. The van der Waals surface area contributed by atoms with Gasteiger partial charge in [-0.3, -0.25) is 0 Å². The Labute approximate surface area is 60.0 Å². The molecule has 0 unspecified atom stereocenters. The fourth-order valence-corrected chi connectivity index (χ4v) is 0. The summed E-state index contributed by atoms with van der Waals surface area (Å²) >= 11 is -1.75. The van der Waals surface area contributed by atoms with Gasteiger partial charge in [0.1, 0.15) is 0 Å². The molecule has 0 aliphatic carbocycles. The fraction of sp³-hybridized carbons (Fsp3) is 0. The predicted molar refractivity (Wildman–Crippen MR) is 8.28 cm³/mol. The molecule has 0 aliphatic heterocycles. The molecule has 0 aliphatic rings. The Kier molecular flexibility index (Phi) is 20.6. The first kappa shape index (κ1) is 9.30. The van der Waals surface area contributed by atoms with Crippen molar-refractivity contribution < 1.29 is 52.4 Å². The van der Waals surface area contributed by atoms with Crippen LogP contribution in [0.5, 0.6) is 0 Å². The van der Waals surface area contributed by atoms with E-state index in [0.717, 1.165) is 0 Å². The minimum atomic E-state index is -1.75. The first-order valence-corrected chi connectivity index (χ1v) is 10.1. The van der Waals surface area contributed by atoms with E-state index in [2.05, 4.69) is 8.58 Å². The molecule has 0 N–H and O–H groups in total. The van der Waals surface area contributed by atoms with Crippen molar-refractivity contribution in [2.75, 3.05) is 0 Å². The van der Waals surface area contributed by atoms with Gasteiger partial charge in [0.2, 0.25) is 0 Å². The SMILES string of the molecule is [Cd].[O]=[Hg]=[S]. The molecule has 0 spiro atoms. The second-order valence-electron chi connectivity index (χ2n) is 0.118. The average Bonchev–Trinajstić information content (AvgIpc) is 0.918. The fourth-order valence-electron chi connectivity index (χ4n) is 0. The van der Waals surface area contributed by atoms with Crippen LogP contribution in [-0.4, -0.2) is 0 Å². The number of hydrogen-bond acceptors (Lipinski definition) is 2. The molecule has 4 heavy (non-hydrogen) atoms. The van der Waals surface area contributed by atoms with Crippen molar-refractivity contribution in [1.82, 2.24) is 0 Å². The normalized spacial score (nSPS) is 5.00. The molecular weight excluding hydrogens is 361 g/mol. The van der Waals surface area contributed by atoms with Gasteiger partial charge in [-0.15, -0.1) is 0 Å². The molecule has 0 aromatic carbocycles. The predicted octanol–water partition coefficient (Wildman–Crippen LogP) is 0.524. The topological polar surface area (TPSA) is 17.1 Å². The molecule has 0 rings (SSSR count). The van der Waals surface area contributed by atoms with Crippen LogP contribution in [0.1, 0.15) is 0 Å². The van der Waals surface area contributed by atoms with Crippen LogP contribution in [0.4, 0.5) is 0 Å². The van der Waals surface area contributed by atoms with Crippen molar-refractivity contribution in [3.8, 4) is 0 Å². The van der Waals surface area contributed by atoms with Crippen LogP contribution in [0.2, 0.25) is 0 Å². The Balaban J connectivity index is 0. The minimum absolute atomic E-state index is 0. The Morgan fingerprint density at radius 2 is 1.75 bits per heavy atom. The molecule has 0 atom stereocenters. The van der Waals surface area contributed by atoms with Crippen molar-refractivity contribution in [3.05, 3.63) is 0 Å². The molecule has 0 aromatic heterocycles. The second-order valence-corrected chi connectivity index (χ2v) is 3.10. The summed E-state index contributed by atoms with van der Waals surface area (Å²) in [6.07, 6.45) is 0. The van der Waals surface area contributed by atoms with E-state index in [1.807, 2.05) is 0 Å². The maximum atomic E-state index is 8.97.